The van der Waals surface area contributed by atoms with Crippen LogP contribution in [0.15, 0.2) is 66.9 Å². The maximum Gasteiger partial charge on any atom is 0.318 e. The highest BCUT2D eigenvalue weighted by atomic mass is 19.1. The Labute approximate surface area is 150 Å². The Hall–Kier alpha value is -3.21. The van der Waals surface area contributed by atoms with Crippen molar-refractivity contribution in [3.63, 3.8) is 0 Å². The molecule has 0 N–H and O–H groups in total. The molecule has 0 spiro atoms. The van der Waals surface area contributed by atoms with Crippen LogP contribution in [0.4, 0.5) is 4.39 Å². The Morgan fingerprint density at radius 2 is 1.65 bits per heavy atom. The third-order valence-electron chi connectivity index (χ3n) is 4.38. The number of rotatable bonds is 3. The third kappa shape index (κ3) is 2.81. The fourth-order valence-corrected chi connectivity index (χ4v) is 3.16. The fourth-order valence-electron chi connectivity index (χ4n) is 3.16. The molecule has 5 heteroatoms. The number of aromatic nitrogens is 1. The van der Waals surface area contributed by atoms with Crippen LogP contribution in [-0.4, -0.2) is 11.0 Å². The van der Waals surface area contributed by atoms with Gasteiger partial charge in [0.05, 0.1) is 0 Å². The molecular formula is C21H16FNO3. The molecule has 0 aliphatic carbocycles. The van der Waals surface area contributed by atoms with Crippen molar-refractivity contribution in [2.75, 3.05) is 0 Å². The minimum Gasteiger partial charge on any atom is -0.457 e. The van der Waals surface area contributed by atoms with E-state index in [1.54, 1.807) is 6.92 Å². The number of carbonyl (C=O) groups is 1. The smallest absolute Gasteiger partial charge is 0.318 e. The van der Waals surface area contributed by atoms with Crippen molar-refractivity contribution in [2.24, 2.45) is 0 Å². The van der Waals surface area contributed by atoms with Crippen LogP contribution in [0.2, 0.25) is 0 Å². The van der Waals surface area contributed by atoms with E-state index in [9.17, 15) is 9.18 Å². The molecule has 0 saturated heterocycles. The molecule has 130 valence electrons. The molecule has 0 radical (unpaired) electrons. The molecule has 1 aliphatic heterocycles. The first-order valence-corrected chi connectivity index (χ1v) is 8.32. The van der Waals surface area contributed by atoms with Gasteiger partial charge in [0.1, 0.15) is 35.0 Å². The topological polar surface area (TPSA) is 48.4 Å². The van der Waals surface area contributed by atoms with Crippen molar-refractivity contribution >= 4 is 5.97 Å². The number of halogens is 1. The van der Waals surface area contributed by atoms with E-state index in [2.05, 4.69) is 4.98 Å². The number of hydrogen-bond donors (Lipinski definition) is 0. The van der Waals surface area contributed by atoms with Gasteiger partial charge < -0.3 is 9.47 Å². The van der Waals surface area contributed by atoms with Crippen molar-refractivity contribution in [1.29, 1.82) is 0 Å². The first-order chi connectivity index (χ1) is 12.6. The molecule has 0 bridgehead atoms. The molecule has 3 aromatic rings. The van der Waals surface area contributed by atoms with Crippen LogP contribution in [0, 0.1) is 5.82 Å². The molecule has 2 heterocycles. The number of hydrogen-bond acceptors (Lipinski definition) is 4. The van der Waals surface area contributed by atoms with Gasteiger partial charge in [-0.2, -0.15) is 0 Å². The van der Waals surface area contributed by atoms with Crippen molar-refractivity contribution in [2.45, 2.75) is 18.9 Å². The number of carbonyl (C=O) groups excluding carboxylic acids is 1. The van der Waals surface area contributed by atoms with E-state index in [-0.39, 0.29) is 5.69 Å². The number of pyridine rings is 1. The van der Waals surface area contributed by atoms with E-state index >= 15 is 0 Å². The first kappa shape index (κ1) is 16.3. The number of esters is 1. The van der Waals surface area contributed by atoms with E-state index in [0.29, 0.717) is 11.5 Å². The second kappa shape index (κ2) is 6.59. The zero-order valence-electron chi connectivity index (χ0n) is 14.1. The Morgan fingerprint density at radius 1 is 1.04 bits per heavy atom. The number of benzene rings is 2. The SMILES string of the molecule is C[C@H](OC(=O)C1c2ccccc2Oc2ccccc21)c1ncccc1F. The summed E-state index contributed by atoms with van der Waals surface area (Å²) >= 11 is 0. The quantitative estimate of drug-likeness (QED) is 0.640. The lowest BCUT2D eigenvalue weighted by Gasteiger charge is -2.27. The molecule has 1 atom stereocenters. The monoisotopic (exact) mass is 349 g/mol. The van der Waals surface area contributed by atoms with Gasteiger partial charge in [-0.3, -0.25) is 9.78 Å². The summed E-state index contributed by atoms with van der Waals surface area (Å²) in [6.07, 6.45) is 0.674. The van der Waals surface area contributed by atoms with Crippen LogP contribution in [0.25, 0.3) is 0 Å². The van der Waals surface area contributed by atoms with Crippen LogP contribution in [0.3, 0.4) is 0 Å². The van der Waals surface area contributed by atoms with E-state index < -0.39 is 23.8 Å². The van der Waals surface area contributed by atoms with Crippen molar-refractivity contribution in [1.82, 2.24) is 4.98 Å². The minimum atomic E-state index is -0.800. The second-order valence-electron chi connectivity index (χ2n) is 6.06. The van der Waals surface area contributed by atoms with Crippen LogP contribution >= 0.6 is 0 Å². The average molecular weight is 349 g/mol. The van der Waals surface area contributed by atoms with Gasteiger partial charge in [0.25, 0.3) is 0 Å². The summed E-state index contributed by atoms with van der Waals surface area (Å²) < 4.78 is 25.4. The van der Waals surface area contributed by atoms with Gasteiger partial charge in [-0.15, -0.1) is 0 Å². The number of ether oxygens (including phenoxy) is 2. The lowest BCUT2D eigenvalue weighted by molar-refractivity contribution is -0.149. The highest BCUT2D eigenvalue weighted by Crippen LogP contribution is 2.44. The Morgan fingerprint density at radius 3 is 2.27 bits per heavy atom. The third-order valence-corrected chi connectivity index (χ3v) is 4.38. The van der Waals surface area contributed by atoms with Gasteiger partial charge in [-0.25, -0.2) is 4.39 Å². The van der Waals surface area contributed by atoms with E-state index in [0.717, 1.165) is 11.1 Å². The van der Waals surface area contributed by atoms with E-state index in [1.165, 1.54) is 18.3 Å². The first-order valence-electron chi connectivity index (χ1n) is 8.32. The Balaban J connectivity index is 1.69. The second-order valence-corrected chi connectivity index (χ2v) is 6.06. The van der Waals surface area contributed by atoms with Crippen LogP contribution < -0.4 is 4.74 Å². The van der Waals surface area contributed by atoms with Gasteiger partial charge in [0, 0.05) is 17.3 Å². The highest BCUT2D eigenvalue weighted by Gasteiger charge is 2.34. The summed E-state index contributed by atoms with van der Waals surface area (Å²) in [6, 6.07) is 17.5. The summed E-state index contributed by atoms with van der Waals surface area (Å²) in [5.74, 6) is -0.369. The number of para-hydroxylation sites is 2. The fraction of sp³-hybridized carbons (Fsp3) is 0.143. The minimum absolute atomic E-state index is 0.106. The predicted octanol–water partition coefficient (Wildman–Crippen LogP) is 4.76. The molecule has 1 aliphatic rings. The van der Waals surface area contributed by atoms with Crippen LogP contribution in [0.1, 0.15) is 35.8 Å². The standard InChI is InChI=1S/C21H16FNO3/c1-13(20-16(22)9-6-12-23-20)25-21(24)19-14-7-2-4-10-17(14)26-18-11-5-3-8-15(18)19/h2-13,19H,1H3/t13-/m0/s1. The summed E-state index contributed by atoms with van der Waals surface area (Å²) in [7, 11) is 0. The lowest BCUT2D eigenvalue weighted by Crippen LogP contribution is -2.23. The van der Waals surface area contributed by atoms with E-state index in [1.807, 2.05) is 48.5 Å². The molecular weight excluding hydrogens is 333 g/mol. The average Bonchev–Trinajstić information content (AvgIpc) is 2.66. The van der Waals surface area contributed by atoms with Gasteiger partial charge in [0.2, 0.25) is 0 Å². The lowest BCUT2D eigenvalue weighted by atomic mass is 9.88. The molecule has 0 unspecified atom stereocenters. The number of fused-ring (bicyclic) bond motifs is 2. The van der Waals surface area contributed by atoms with Gasteiger partial charge >= 0.3 is 5.97 Å². The highest BCUT2D eigenvalue weighted by molar-refractivity contribution is 5.85. The van der Waals surface area contributed by atoms with Gasteiger partial charge in [-0.1, -0.05) is 36.4 Å². The van der Waals surface area contributed by atoms with Crippen molar-refractivity contribution in [3.8, 4) is 11.5 Å². The molecule has 2 aromatic carbocycles. The summed E-state index contributed by atoms with van der Waals surface area (Å²) in [4.78, 5) is 17.0. The zero-order chi connectivity index (χ0) is 18.1. The predicted molar refractivity (Wildman–Crippen MR) is 93.5 cm³/mol. The van der Waals surface area contributed by atoms with Crippen molar-refractivity contribution < 1.29 is 18.7 Å². The van der Waals surface area contributed by atoms with Crippen molar-refractivity contribution in [3.05, 3.63) is 89.5 Å². The van der Waals surface area contributed by atoms with Crippen LogP contribution in [0.5, 0.6) is 11.5 Å². The molecule has 4 rings (SSSR count). The van der Waals surface area contributed by atoms with Gasteiger partial charge in [0.15, 0.2) is 0 Å². The largest absolute Gasteiger partial charge is 0.457 e. The summed E-state index contributed by atoms with van der Waals surface area (Å²) in [5, 5.41) is 0. The molecule has 0 fully saturated rings. The maximum atomic E-state index is 13.9. The number of nitrogens with zero attached hydrogens (tertiary/aromatic N) is 1. The molecule has 1 aromatic heterocycles. The maximum absolute atomic E-state index is 13.9. The molecule has 0 amide bonds. The molecule has 4 nitrogen and oxygen atoms in total. The summed E-state index contributed by atoms with van der Waals surface area (Å²) in [6.45, 7) is 1.61. The molecule has 26 heavy (non-hydrogen) atoms. The Bertz CT molecular complexity index is 927. The zero-order valence-corrected chi connectivity index (χ0v) is 14.1. The van der Waals surface area contributed by atoms with Gasteiger partial charge in [-0.05, 0) is 31.2 Å². The van der Waals surface area contributed by atoms with E-state index in [4.69, 9.17) is 9.47 Å². The normalized spacial score (nSPS) is 13.9. The van der Waals surface area contributed by atoms with Crippen LogP contribution in [-0.2, 0) is 9.53 Å². The Kier molecular flexibility index (Phi) is 4.13. The summed E-state index contributed by atoms with van der Waals surface area (Å²) in [5.41, 5.74) is 1.56. The molecule has 0 saturated carbocycles.